The normalized spacial score (nSPS) is 16.7. The van der Waals surface area contributed by atoms with Gasteiger partial charge in [0.15, 0.2) is 0 Å². The molecule has 1 N–H and O–H groups in total. The zero-order chi connectivity index (χ0) is 23.8. The van der Waals surface area contributed by atoms with Gasteiger partial charge < -0.3 is 9.84 Å². The standard InChI is InChI=1S/C25H16BrF4NO2/c1-2-15-12-19(26)6-10-22(15)33-14-24(32,25(28,29)30)18-5-9-21-17(11-18)13-31-23(21)16-3-7-20(27)8-4-16/h1,3-13,23,32H,14H2. The largest absolute Gasteiger partial charge is 0.489 e. The molecule has 0 aromatic heterocycles. The molecule has 1 heterocycles. The summed E-state index contributed by atoms with van der Waals surface area (Å²) in [5.74, 6) is 2.00. The lowest BCUT2D eigenvalue weighted by atomic mass is 9.89. The van der Waals surface area contributed by atoms with Crippen molar-refractivity contribution in [3.8, 4) is 18.1 Å². The third-order valence-corrected chi connectivity index (χ3v) is 5.90. The Morgan fingerprint density at radius 1 is 1.06 bits per heavy atom. The number of terminal acetylenes is 1. The minimum Gasteiger partial charge on any atom is -0.489 e. The van der Waals surface area contributed by atoms with E-state index in [0.717, 1.165) is 0 Å². The molecule has 2 unspecified atom stereocenters. The van der Waals surface area contributed by atoms with Crippen molar-refractivity contribution in [2.75, 3.05) is 6.61 Å². The number of aliphatic hydroxyl groups is 1. The summed E-state index contributed by atoms with van der Waals surface area (Å²) in [5, 5.41) is 10.7. The minimum absolute atomic E-state index is 0.0440. The molecule has 1 aliphatic rings. The SMILES string of the molecule is C#Cc1cc(Br)ccc1OCC(O)(c1ccc2c(c1)C=NC2c1ccc(F)cc1)C(F)(F)F. The van der Waals surface area contributed by atoms with Gasteiger partial charge in [-0.05, 0) is 58.7 Å². The summed E-state index contributed by atoms with van der Waals surface area (Å²) in [6.07, 6.45) is 1.83. The van der Waals surface area contributed by atoms with Crippen molar-refractivity contribution in [3.05, 3.63) is 98.8 Å². The molecule has 168 valence electrons. The van der Waals surface area contributed by atoms with Crippen LogP contribution in [0.1, 0.15) is 33.9 Å². The van der Waals surface area contributed by atoms with Crippen LogP contribution < -0.4 is 4.74 Å². The lowest BCUT2D eigenvalue weighted by Crippen LogP contribution is -2.47. The average Bonchev–Trinajstić information content (AvgIpc) is 3.21. The molecule has 0 bridgehead atoms. The second kappa shape index (κ2) is 8.65. The molecule has 0 aliphatic carbocycles. The second-order valence-corrected chi connectivity index (χ2v) is 8.42. The van der Waals surface area contributed by atoms with E-state index in [0.29, 0.717) is 21.2 Å². The van der Waals surface area contributed by atoms with E-state index in [4.69, 9.17) is 11.2 Å². The lowest BCUT2D eigenvalue weighted by Gasteiger charge is -2.31. The molecule has 3 aromatic rings. The Bertz CT molecular complexity index is 1260. The van der Waals surface area contributed by atoms with Crippen molar-refractivity contribution in [2.45, 2.75) is 17.8 Å². The van der Waals surface area contributed by atoms with Gasteiger partial charge in [-0.25, -0.2) is 4.39 Å². The van der Waals surface area contributed by atoms with Crippen LogP contribution in [0.15, 0.2) is 70.1 Å². The van der Waals surface area contributed by atoms with Crippen LogP contribution in [-0.2, 0) is 5.60 Å². The third-order valence-electron chi connectivity index (χ3n) is 5.41. The first-order valence-electron chi connectivity index (χ1n) is 9.73. The van der Waals surface area contributed by atoms with E-state index in [2.05, 4.69) is 26.8 Å². The Morgan fingerprint density at radius 3 is 2.45 bits per heavy atom. The smallest absolute Gasteiger partial charge is 0.424 e. The van der Waals surface area contributed by atoms with Gasteiger partial charge in [0, 0.05) is 10.7 Å². The van der Waals surface area contributed by atoms with Gasteiger partial charge in [0.05, 0.1) is 5.56 Å². The number of halogens is 5. The number of ether oxygens (including phenoxy) is 1. The second-order valence-electron chi connectivity index (χ2n) is 7.51. The number of alkyl halides is 3. The summed E-state index contributed by atoms with van der Waals surface area (Å²) in [5.41, 5.74) is -1.65. The predicted molar refractivity (Wildman–Crippen MR) is 120 cm³/mol. The van der Waals surface area contributed by atoms with Crippen molar-refractivity contribution >= 4 is 22.1 Å². The molecule has 4 rings (SSSR count). The van der Waals surface area contributed by atoms with Crippen LogP contribution >= 0.6 is 15.9 Å². The van der Waals surface area contributed by atoms with E-state index in [1.54, 1.807) is 18.2 Å². The number of rotatable bonds is 5. The van der Waals surface area contributed by atoms with E-state index >= 15 is 0 Å². The van der Waals surface area contributed by atoms with Gasteiger partial charge in [-0.15, -0.1) is 6.42 Å². The number of hydrogen-bond donors (Lipinski definition) is 1. The molecule has 33 heavy (non-hydrogen) atoms. The molecule has 0 amide bonds. The average molecular weight is 518 g/mol. The Kier molecular flexibility index (Phi) is 6.04. The highest BCUT2D eigenvalue weighted by Gasteiger charge is 2.56. The van der Waals surface area contributed by atoms with Crippen LogP contribution in [0.3, 0.4) is 0 Å². The molecule has 0 fully saturated rings. The summed E-state index contributed by atoms with van der Waals surface area (Å²) in [6, 6.07) is 13.7. The first kappa shape index (κ1) is 23.0. The maximum absolute atomic E-state index is 14.0. The van der Waals surface area contributed by atoms with Gasteiger partial charge in [-0.3, -0.25) is 4.99 Å². The van der Waals surface area contributed by atoms with Crippen LogP contribution in [0.5, 0.6) is 5.75 Å². The molecule has 1 aliphatic heterocycles. The summed E-state index contributed by atoms with van der Waals surface area (Å²) < 4.78 is 61.3. The molecule has 0 saturated carbocycles. The lowest BCUT2D eigenvalue weighted by molar-refractivity contribution is -0.275. The zero-order valence-corrected chi connectivity index (χ0v) is 18.5. The maximum atomic E-state index is 14.0. The molecule has 3 nitrogen and oxygen atoms in total. The third kappa shape index (κ3) is 4.39. The number of aliphatic imine (C=N–C) groups is 1. The fraction of sp³-hybridized carbons (Fsp3) is 0.160. The van der Waals surface area contributed by atoms with Crippen molar-refractivity contribution in [2.24, 2.45) is 4.99 Å². The van der Waals surface area contributed by atoms with Gasteiger partial charge in [0.1, 0.15) is 24.2 Å². The van der Waals surface area contributed by atoms with Crippen LogP contribution in [0.4, 0.5) is 17.6 Å². The van der Waals surface area contributed by atoms with E-state index in [1.807, 2.05) is 0 Å². The highest BCUT2D eigenvalue weighted by atomic mass is 79.9. The highest BCUT2D eigenvalue weighted by Crippen LogP contribution is 2.42. The molecule has 0 spiro atoms. The molecule has 0 radical (unpaired) electrons. The molecule has 8 heteroatoms. The zero-order valence-electron chi connectivity index (χ0n) is 16.9. The van der Waals surface area contributed by atoms with Crippen molar-refractivity contribution in [1.29, 1.82) is 0 Å². The van der Waals surface area contributed by atoms with Crippen LogP contribution in [0, 0.1) is 18.2 Å². The highest BCUT2D eigenvalue weighted by molar-refractivity contribution is 9.10. The van der Waals surface area contributed by atoms with Gasteiger partial charge in [-0.2, -0.15) is 13.2 Å². The van der Waals surface area contributed by atoms with E-state index in [-0.39, 0.29) is 16.9 Å². The summed E-state index contributed by atoms with van der Waals surface area (Å²) in [4.78, 5) is 4.35. The van der Waals surface area contributed by atoms with Crippen LogP contribution in [-0.4, -0.2) is 24.1 Å². The quantitative estimate of drug-likeness (QED) is 0.337. The van der Waals surface area contributed by atoms with Crippen molar-refractivity contribution in [1.82, 2.24) is 0 Å². The van der Waals surface area contributed by atoms with E-state index < -0.39 is 30.2 Å². The number of fused-ring (bicyclic) bond motifs is 1. The van der Waals surface area contributed by atoms with E-state index in [9.17, 15) is 22.7 Å². The number of nitrogens with zero attached hydrogens (tertiary/aromatic N) is 1. The first-order valence-corrected chi connectivity index (χ1v) is 10.5. The number of benzene rings is 3. The summed E-state index contributed by atoms with van der Waals surface area (Å²) >= 11 is 3.24. The van der Waals surface area contributed by atoms with Gasteiger partial charge in [0.25, 0.3) is 0 Å². The van der Waals surface area contributed by atoms with Crippen LogP contribution in [0.2, 0.25) is 0 Å². The topological polar surface area (TPSA) is 41.8 Å². The molecule has 2 atom stereocenters. The predicted octanol–water partition coefficient (Wildman–Crippen LogP) is 5.92. The Balaban J connectivity index is 1.66. The molecule has 3 aromatic carbocycles. The van der Waals surface area contributed by atoms with Gasteiger partial charge >= 0.3 is 6.18 Å². The minimum atomic E-state index is -5.03. The summed E-state index contributed by atoms with van der Waals surface area (Å²) in [6.45, 7) is -1.09. The Hall–Kier alpha value is -3.15. The number of hydrogen-bond acceptors (Lipinski definition) is 3. The van der Waals surface area contributed by atoms with Crippen LogP contribution in [0.25, 0.3) is 0 Å². The maximum Gasteiger partial charge on any atom is 0.424 e. The monoisotopic (exact) mass is 517 g/mol. The fourth-order valence-electron chi connectivity index (χ4n) is 3.59. The van der Waals surface area contributed by atoms with Gasteiger partial charge in [0.2, 0.25) is 5.60 Å². The molecular weight excluding hydrogens is 502 g/mol. The molecule has 0 saturated heterocycles. The van der Waals surface area contributed by atoms with Crippen molar-refractivity contribution in [3.63, 3.8) is 0 Å². The van der Waals surface area contributed by atoms with Crippen molar-refractivity contribution < 1.29 is 27.4 Å². The summed E-state index contributed by atoms with van der Waals surface area (Å²) in [7, 11) is 0. The molecular formula is C25H16BrF4NO2. The first-order chi connectivity index (χ1) is 15.6. The fourth-order valence-corrected chi connectivity index (χ4v) is 3.95. The van der Waals surface area contributed by atoms with E-state index in [1.165, 1.54) is 48.7 Å². The van der Waals surface area contributed by atoms with Gasteiger partial charge in [-0.1, -0.05) is 46.1 Å². The Morgan fingerprint density at radius 2 is 1.79 bits per heavy atom. The Labute approximate surface area is 195 Å².